The number of rotatable bonds is 5. The largest absolute Gasteiger partial charge is 0.483 e. The van der Waals surface area contributed by atoms with Crippen LogP contribution in [0.5, 0.6) is 5.75 Å². The lowest BCUT2D eigenvalue weighted by Crippen LogP contribution is -2.22. The maximum absolute atomic E-state index is 12.2. The molecule has 0 radical (unpaired) electrons. The van der Waals surface area contributed by atoms with Gasteiger partial charge in [-0.1, -0.05) is 32.0 Å². The Morgan fingerprint density at radius 2 is 1.83 bits per heavy atom. The zero-order chi connectivity index (χ0) is 17.9. The van der Waals surface area contributed by atoms with Crippen LogP contribution in [-0.4, -0.2) is 12.5 Å². The summed E-state index contributed by atoms with van der Waals surface area (Å²) in [5.74, 6) is 0.872. The van der Waals surface area contributed by atoms with E-state index < -0.39 is 0 Å². The van der Waals surface area contributed by atoms with Gasteiger partial charge in [0.25, 0.3) is 5.91 Å². The third kappa shape index (κ3) is 4.28. The number of nitrogens with two attached hydrogens (primary N) is 1. The van der Waals surface area contributed by atoms with E-state index in [0.717, 1.165) is 28.0 Å². The molecule has 1 amide bonds. The SMILES string of the molecule is Cc1cc(C)c(NC(=O)COc2cc(C)ccc2C(C)C)c(N)c1. The average Bonchev–Trinajstić information content (AvgIpc) is 2.48. The van der Waals surface area contributed by atoms with Crippen LogP contribution in [0, 0.1) is 20.8 Å². The first kappa shape index (κ1) is 17.9. The zero-order valence-corrected chi connectivity index (χ0v) is 15.1. The molecule has 3 N–H and O–H groups in total. The van der Waals surface area contributed by atoms with Crippen LogP contribution < -0.4 is 15.8 Å². The van der Waals surface area contributed by atoms with Gasteiger partial charge in [-0.2, -0.15) is 0 Å². The van der Waals surface area contributed by atoms with E-state index in [-0.39, 0.29) is 12.5 Å². The van der Waals surface area contributed by atoms with Crippen LogP contribution >= 0.6 is 0 Å². The molecule has 2 aromatic carbocycles. The Morgan fingerprint density at radius 1 is 1.12 bits per heavy atom. The first-order chi connectivity index (χ1) is 11.3. The van der Waals surface area contributed by atoms with Crippen LogP contribution in [0.15, 0.2) is 30.3 Å². The summed E-state index contributed by atoms with van der Waals surface area (Å²) in [6.07, 6.45) is 0. The molecular weight excluding hydrogens is 300 g/mol. The highest BCUT2D eigenvalue weighted by Gasteiger charge is 2.12. The number of ether oxygens (including phenoxy) is 1. The Labute approximate surface area is 144 Å². The Balaban J connectivity index is 2.08. The lowest BCUT2D eigenvalue weighted by Gasteiger charge is -2.16. The molecule has 2 rings (SSSR count). The second-order valence-corrected chi connectivity index (χ2v) is 6.58. The Kier molecular flexibility index (Phi) is 5.50. The number of nitrogens with one attached hydrogen (secondary N) is 1. The summed E-state index contributed by atoms with van der Waals surface area (Å²) in [5, 5.41) is 2.85. The molecule has 0 heterocycles. The number of nitrogen functional groups attached to an aromatic ring is 1. The van der Waals surface area contributed by atoms with Crippen molar-refractivity contribution in [3.05, 3.63) is 52.6 Å². The number of amides is 1. The standard InChI is InChI=1S/C20H26N2O2/c1-12(2)16-7-6-13(3)10-18(16)24-11-19(23)22-20-15(5)8-14(4)9-17(20)21/h6-10,12H,11,21H2,1-5H3,(H,22,23). The predicted molar refractivity (Wildman–Crippen MR) is 99.7 cm³/mol. The van der Waals surface area contributed by atoms with Gasteiger partial charge in [0, 0.05) is 0 Å². The molecule has 0 fully saturated rings. The minimum absolute atomic E-state index is 0.0457. The van der Waals surface area contributed by atoms with E-state index in [1.165, 1.54) is 0 Å². The third-order valence-electron chi connectivity index (χ3n) is 3.92. The van der Waals surface area contributed by atoms with Crippen LogP contribution in [0.1, 0.15) is 42.0 Å². The monoisotopic (exact) mass is 326 g/mol. The van der Waals surface area contributed by atoms with Crippen LogP contribution in [0.2, 0.25) is 0 Å². The van der Waals surface area contributed by atoms with Gasteiger partial charge in [0.2, 0.25) is 0 Å². The summed E-state index contributed by atoms with van der Waals surface area (Å²) in [6.45, 7) is 10.1. The fourth-order valence-corrected chi connectivity index (χ4v) is 2.73. The molecule has 4 nitrogen and oxygen atoms in total. The highest BCUT2D eigenvalue weighted by atomic mass is 16.5. The first-order valence-electron chi connectivity index (χ1n) is 8.18. The maximum Gasteiger partial charge on any atom is 0.262 e. The van der Waals surface area contributed by atoms with Crippen LogP contribution in [0.25, 0.3) is 0 Å². The minimum atomic E-state index is -0.218. The number of anilines is 2. The Bertz CT molecular complexity index is 728. The molecule has 0 spiro atoms. The summed E-state index contributed by atoms with van der Waals surface area (Å²) in [5.41, 5.74) is 11.4. The van der Waals surface area contributed by atoms with Gasteiger partial charge in [-0.3, -0.25) is 4.79 Å². The average molecular weight is 326 g/mol. The second-order valence-electron chi connectivity index (χ2n) is 6.58. The fraction of sp³-hybridized carbons (Fsp3) is 0.350. The molecule has 0 aromatic heterocycles. The van der Waals surface area contributed by atoms with Crippen molar-refractivity contribution in [1.29, 1.82) is 0 Å². The van der Waals surface area contributed by atoms with Crippen LogP contribution in [0.4, 0.5) is 11.4 Å². The van der Waals surface area contributed by atoms with E-state index in [1.807, 2.05) is 39.0 Å². The van der Waals surface area contributed by atoms with Crippen molar-refractivity contribution in [2.45, 2.75) is 40.5 Å². The van der Waals surface area contributed by atoms with Gasteiger partial charge >= 0.3 is 0 Å². The molecule has 0 aliphatic rings. The van der Waals surface area contributed by atoms with Crippen molar-refractivity contribution < 1.29 is 9.53 Å². The molecular formula is C20H26N2O2. The second kappa shape index (κ2) is 7.39. The molecule has 2 aromatic rings. The van der Waals surface area contributed by atoms with Crippen LogP contribution in [-0.2, 0) is 4.79 Å². The topological polar surface area (TPSA) is 64.3 Å². The Hall–Kier alpha value is -2.49. The molecule has 0 atom stereocenters. The van der Waals surface area contributed by atoms with E-state index in [9.17, 15) is 4.79 Å². The normalized spacial score (nSPS) is 10.8. The lowest BCUT2D eigenvalue weighted by atomic mass is 10.0. The summed E-state index contributed by atoms with van der Waals surface area (Å²) in [7, 11) is 0. The number of benzene rings is 2. The number of carbonyl (C=O) groups is 1. The molecule has 4 heteroatoms. The van der Waals surface area contributed by atoms with Gasteiger partial charge in [0.1, 0.15) is 5.75 Å². The number of hydrogen-bond donors (Lipinski definition) is 2. The Morgan fingerprint density at radius 3 is 2.46 bits per heavy atom. The van der Waals surface area contributed by atoms with Crippen molar-refractivity contribution in [2.75, 3.05) is 17.7 Å². The van der Waals surface area contributed by atoms with E-state index in [2.05, 4.69) is 31.3 Å². The van der Waals surface area contributed by atoms with Crippen molar-refractivity contribution in [2.24, 2.45) is 0 Å². The first-order valence-corrected chi connectivity index (χ1v) is 8.18. The fourth-order valence-electron chi connectivity index (χ4n) is 2.73. The van der Waals surface area contributed by atoms with Gasteiger partial charge in [-0.25, -0.2) is 0 Å². The minimum Gasteiger partial charge on any atom is -0.483 e. The highest BCUT2D eigenvalue weighted by Crippen LogP contribution is 2.28. The molecule has 0 aliphatic heterocycles. The van der Waals surface area contributed by atoms with Crippen molar-refractivity contribution >= 4 is 17.3 Å². The number of carbonyl (C=O) groups excluding carboxylic acids is 1. The predicted octanol–water partition coefficient (Wildman–Crippen LogP) is 4.33. The molecule has 0 aliphatic carbocycles. The van der Waals surface area contributed by atoms with Gasteiger partial charge in [0.15, 0.2) is 6.61 Å². The smallest absolute Gasteiger partial charge is 0.262 e. The zero-order valence-electron chi connectivity index (χ0n) is 15.1. The summed E-state index contributed by atoms with van der Waals surface area (Å²) < 4.78 is 5.76. The van der Waals surface area contributed by atoms with Gasteiger partial charge in [-0.15, -0.1) is 0 Å². The number of aryl methyl sites for hydroxylation is 3. The van der Waals surface area contributed by atoms with Crippen molar-refractivity contribution in [3.63, 3.8) is 0 Å². The van der Waals surface area contributed by atoms with E-state index in [4.69, 9.17) is 10.5 Å². The van der Waals surface area contributed by atoms with Gasteiger partial charge in [0.05, 0.1) is 11.4 Å². The quantitative estimate of drug-likeness (QED) is 0.804. The van der Waals surface area contributed by atoms with Crippen LogP contribution in [0.3, 0.4) is 0 Å². The van der Waals surface area contributed by atoms with Gasteiger partial charge < -0.3 is 15.8 Å². The molecule has 0 bridgehead atoms. The maximum atomic E-state index is 12.2. The molecule has 0 saturated heterocycles. The van der Waals surface area contributed by atoms with E-state index in [1.54, 1.807) is 0 Å². The van der Waals surface area contributed by atoms with Crippen molar-refractivity contribution in [1.82, 2.24) is 0 Å². The lowest BCUT2D eigenvalue weighted by molar-refractivity contribution is -0.118. The van der Waals surface area contributed by atoms with Gasteiger partial charge in [-0.05, 0) is 61.1 Å². The van der Waals surface area contributed by atoms with E-state index >= 15 is 0 Å². The molecule has 0 unspecified atom stereocenters. The highest BCUT2D eigenvalue weighted by molar-refractivity contribution is 5.96. The number of hydrogen-bond acceptors (Lipinski definition) is 3. The summed E-state index contributed by atoms with van der Waals surface area (Å²) in [6, 6.07) is 9.91. The van der Waals surface area contributed by atoms with Crippen molar-refractivity contribution in [3.8, 4) is 5.75 Å². The summed E-state index contributed by atoms with van der Waals surface area (Å²) in [4.78, 5) is 12.2. The third-order valence-corrected chi connectivity index (χ3v) is 3.92. The van der Waals surface area contributed by atoms with E-state index in [0.29, 0.717) is 17.3 Å². The summed E-state index contributed by atoms with van der Waals surface area (Å²) >= 11 is 0. The molecule has 24 heavy (non-hydrogen) atoms. The molecule has 128 valence electrons. The molecule has 0 saturated carbocycles.